The molecule has 1 aliphatic heterocycles. The summed E-state index contributed by atoms with van der Waals surface area (Å²) < 4.78 is 18.9. The van der Waals surface area contributed by atoms with E-state index in [2.05, 4.69) is 26.1 Å². The molecule has 2 atom stereocenters. The lowest BCUT2D eigenvalue weighted by atomic mass is 9.88. The number of benzene rings is 1. The monoisotopic (exact) mass is 265 g/mol. The van der Waals surface area contributed by atoms with Crippen molar-refractivity contribution in [3.8, 4) is 0 Å². The maximum absolute atomic E-state index is 13.0. The van der Waals surface area contributed by atoms with E-state index in [0.29, 0.717) is 5.92 Å². The van der Waals surface area contributed by atoms with E-state index in [4.69, 9.17) is 4.74 Å². The van der Waals surface area contributed by atoms with Gasteiger partial charge in [0.25, 0.3) is 0 Å². The molecule has 0 aromatic heterocycles. The standard InChI is InChI=1S/C16H24FNO/c1-16(2,3)18-11-13-5-4-10-19-15(13)12-6-8-14(17)9-7-12/h6-9,13,15,18H,4-5,10-11H2,1-3H3. The maximum atomic E-state index is 13.0. The first-order valence-electron chi connectivity index (χ1n) is 7.08. The highest BCUT2D eigenvalue weighted by atomic mass is 19.1. The highest BCUT2D eigenvalue weighted by Crippen LogP contribution is 2.33. The van der Waals surface area contributed by atoms with Crippen LogP contribution in [0.2, 0.25) is 0 Å². The predicted octanol–water partition coefficient (Wildman–Crippen LogP) is 3.68. The Hall–Kier alpha value is -0.930. The molecule has 1 saturated heterocycles. The molecule has 2 rings (SSSR count). The number of hydrogen-bond acceptors (Lipinski definition) is 2. The topological polar surface area (TPSA) is 21.3 Å². The lowest BCUT2D eigenvalue weighted by molar-refractivity contribution is -0.0293. The smallest absolute Gasteiger partial charge is 0.123 e. The molecule has 3 heteroatoms. The van der Waals surface area contributed by atoms with Gasteiger partial charge in [-0.1, -0.05) is 12.1 Å². The number of nitrogens with one attached hydrogen (secondary N) is 1. The third kappa shape index (κ3) is 4.29. The molecule has 0 aliphatic carbocycles. The summed E-state index contributed by atoms with van der Waals surface area (Å²) in [5.41, 5.74) is 1.20. The molecule has 0 radical (unpaired) electrons. The van der Waals surface area contributed by atoms with Crippen molar-refractivity contribution in [2.24, 2.45) is 5.92 Å². The second kappa shape index (κ2) is 6.02. The summed E-state index contributed by atoms with van der Waals surface area (Å²) in [5, 5.41) is 3.55. The lowest BCUT2D eigenvalue weighted by Gasteiger charge is -2.34. The molecular weight excluding hydrogens is 241 g/mol. The Kier molecular flexibility index (Phi) is 4.58. The Morgan fingerprint density at radius 3 is 2.58 bits per heavy atom. The first-order valence-corrected chi connectivity index (χ1v) is 7.08. The summed E-state index contributed by atoms with van der Waals surface area (Å²) in [5.74, 6) is 0.266. The molecule has 2 nitrogen and oxygen atoms in total. The number of hydrogen-bond donors (Lipinski definition) is 1. The first kappa shape index (κ1) is 14.5. The van der Waals surface area contributed by atoms with Crippen LogP contribution in [0.25, 0.3) is 0 Å². The summed E-state index contributed by atoms with van der Waals surface area (Å²) >= 11 is 0. The van der Waals surface area contributed by atoms with E-state index in [1.807, 2.05) is 12.1 Å². The van der Waals surface area contributed by atoms with Crippen LogP contribution in [-0.2, 0) is 4.74 Å². The van der Waals surface area contributed by atoms with E-state index in [0.717, 1.165) is 31.6 Å². The third-order valence-corrected chi connectivity index (χ3v) is 3.54. The van der Waals surface area contributed by atoms with Crippen LogP contribution >= 0.6 is 0 Å². The van der Waals surface area contributed by atoms with Crippen molar-refractivity contribution in [3.63, 3.8) is 0 Å². The zero-order valence-electron chi connectivity index (χ0n) is 12.1. The summed E-state index contributed by atoms with van der Waals surface area (Å²) in [6.07, 6.45) is 2.35. The van der Waals surface area contributed by atoms with Gasteiger partial charge < -0.3 is 10.1 Å². The van der Waals surface area contributed by atoms with E-state index in [1.54, 1.807) is 0 Å². The normalized spacial score (nSPS) is 24.4. The van der Waals surface area contributed by atoms with Crippen molar-refractivity contribution >= 4 is 0 Å². The van der Waals surface area contributed by atoms with Gasteiger partial charge in [-0.2, -0.15) is 0 Å². The second-order valence-electron chi connectivity index (χ2n) is 6.38. The summed E-state index contributed by atoms with van der Waals surface area (Å²) in [6, 6.07) is 6.72. The van der Waals surface area contributed by atoms with E-state index in [1.165, 1.54) is 12.1 Å². The Bertz CT molecular complexity index is 396. The van der Waals surface area contributed by atoms with Gasteiger partial charge in [-0.05, 0) is 51.3 Å². The lowest BCUT2D eigenvalue weighted by Crippen LogP contribution is -2.41. The highest BCUT2D eigenvalue weighted by molar-refractivity contribution is 5.20. The molecule has 106 valence electrons. The zero-order chi connectivity index (χ0) is 13.9. The van der Waals surface area contributed by atoms with Crippen LogP contribution in [0, 0.1) is 11.7 Å². The predicted molar refractivity (Wildman–Crippen MR) is 75.6 cm³/mol. The molecule has 1 aromatic rings. The molecule has 0 spiro atoms. The quantitative estimate of drug-likeness (QED) is 0.900. The summed E-state index contributed by atoms with van der Waals surface area (Å²) in [6.45, 7) is 8.25. The minimum Gasteiger partial charge on any atom is -0.373 e. The Morgan fingerprint density at radius 2 is 1.95 bits per heavy atom. The van der Waals surface area contributed by atoms with E-state index in [-0.39, 0.29) is 17.5 Å². The van der Waals surface area contributed by atoms with Gasteiger partial charge in [0.15, 0.2) is 0 Å². The maximum Gasteiger partial charge on any atom is 0.123 e. The van der Waals surface area contributed by atoms with Gasteiger partial charge in [0.2, 0.25) is 0 Å². The fourth-order valence-corrected chi connectivity index (χ4v) is 2.51. The molecular formula is C16H24FNO. The Morgan fingerprint density at radius 1 is 1.26 bits per heavy atom. The van der Waals surface area contributed by atoms with Crippen LogP contribution in [0.4, 0.5) is 4.39 Å². The molecule has 0 saturated carbocycles. The van der Waals surface area contributed by atoms with Crippen molar-refractivity contribution in [1.29, 1.82) is 0 Å². The molecule has 2 unspecified atom stereocenters. The van der Waals surface area contributed by atoms with Crippen molar-refractivity contribution in [3.05, 3.63) is 35.6 Å². The van der Waals surface area contributed by atoms with Gasteiger partial charge in [-0.3, -0.25) is 0 Å². The number of halogens is 1. The largest absolute Gasteiger partial charge is 0.373 e. The van der Waals surface area contributed by atoms with Crippen molar-refractivity contribution in [2.45, 2.75) is 45.3 Å². The van der Waals surface area contributed by atoms with Crippen molar-refractivity contribution < 1.29 is 9.13 Å². The average molecular weight is 265 g/mol. The minimum atomic E-state index is -0.191. The highest BCUT2D eigenvalue weighted by Gasteiger charge is 2.28. The molecule has 1 fully saturated rings. The third-order valence-electron chi connectivity index (χ3n) is 3.54. The van der Waals surface area contributed by atoms with E-state index < -0.39 is 0 Å². The molecule has 1 N–H and O–H groups in total. The zero-order valence-corrected chi connectivity index (χ0v) is 12.1. The van der Waals surface area contributed by atoms with Crippen LogP contribution < -0.4 is 5.32 Å². The molecule has 1 heterocycles. The van der Waals surface area contributed by atoms with Crippen molar-refractivity contribution in [2.75, 3.05) is 13.2 Å². The fraction of sp³-hybridized carbons (Fsp3) is 0.625. The van der Waals surface area contributed by atoms with Crippen LogP contribution in [0.15, 0.2) is 24.3 Å². The second-order valence-corrected chi connectivity index (χ2v) is 6.38. The van der Waals surface area contributed by atoms with Gasteiger partial charge >= 0.3 is 0 Å². The van der Waals surface area contributed by atoms with Gasteiger partial charge in [0.05, 0.1) is 6.10 Å². The fourth-order valence-electron chi connectivity index (χ4n) is 2.51. The SMILES string of the molecule is CC(C)(C)NCC1CCCOC1c1ccc(F)cc1. The van der Waals surface area contributed by atoms with Crippen LogP contribution in [0.5, 0.6) is 0 Å². The van der Waals surface area contributed by atoms with Crippen LogP contribution in [-0.4, -0.2) is 18.7 Å². The number of ether oxygens (including phenoxy) is 1. The minimum absolute atomic E-state index is 0.0872. The summed E-state index contributed by atoms with van der Waals surface area (Å²) in [4.78, 5) is 0. The average Bonchev–Trinajstić information content (AvgIpc) is 2.37. The van der Waals surface area contributed by atoms with Gasteiger partial charge in [-0.15, -0.1) is 0 Å². The Labute approximate surface area is 115 Å². The van der Waals surface area contributed by atoms with Gasteiger partial charge in [0.1, 0.15) is 5.82 Å². The van der Waals surface area contributed by atoms with Gasteiger partial charge in [0, 0.05) is 24.6 Å². The molecule has 1 aliphatic rings. The number of rotatable bonds is 3. The first-order chi connectivity index (χ1) is 8.96. The van der Waals surface area contributed by atoms with Crippen LogP contribution in [0.1, 0.15) is 45.3 Å². The van der Waals surface area contributed by atoms with Crippen LogP contribution in [0.3, 0.4) is 0 Å². The molecule has 1 aromatic carbocycles. The van der Waals surface area contributed by atoms with E-state index in [9.17, 15) is 4.39 Å². The van der Waals surface area contributed by atoms with E-state index >= 15 is 0 Å². The Balaban J connectivity index is 2.05. The van der Waals surface area contributed by atoms with Crippen molar-refractivity contribution in [1.82, 2.24) is 5.32 Å². The summed E-state index contributed by atoms with van der Waals surface area (Å²) in [7, 11) is 0. The molecule has 0 amide bonds. The van der Waals surface area contributed by atoms with Gasteiger partial charge in [-0.25, -0.2) is 4.39 Å². The molecule has 19 heavy (non-hydrogen) atoms. The molecule has 0 bridgehead atoms.